The van der Waals surface area contributed by atoms with Crippen LogP contribution in [0, 0.1) is 6.07 Å². The Hall–Kier alpha value is -5.46. The van der Waals surface area contributed by atoms with E-state index >= 15 is 0 Å². The van der Waals surface area contributed by atoms with E-state index in [4.69, 9.17) is 0 Å². The molecule has 0 nitrogen and oxygen atoms in total. The molecule has 0 N–H and O–H groups in total. The summed E-state index contributed by atoms with van der Waals surface area (Å²) in [6, 6.07) is 56.5. The van der Waals surface area contributed by atoms with Crippen LogP contribution in [0.1, 0.15) is 153 Å². The topological polar surface area (TPSA) is 0 Å². The van der Waals surface area contributed by atoms with E-state index in [1.165, 1.54) is 219 Å². The minimum absolute atomic E-state index is 1.06. The van der Waals surface area contributed by atoms with Crippen molar-refractivity contribution in [2.75, 3.05) is 0 Å². The molecule has 0 saturated carbocycles. The first-order chi connectivity index (χ1) is 32.6. The lowest BCUT2D eigenvalue weighted by Gasteiger charge is -2.23. The molecule has 0 fully saturated rings. The predicted octanol–water partition coefficient (Wildman–Crippen LogP) is 20.4. The first-order valence-electron chi connectivity index (χ1n) is 26.4. The van der Waals surface area contributed by atoms with E-state index < -0.39 is 0 Å². The molecule has 0 aliphatic heterocycles. The number of aryl methyl sites for hydroxylation is 3. The van der Waals surface area contributed by atoms with Gasteiger partial charge in [0.2, 0.25) is 0 Å². The van der Waals surface area contributed by atoms with Crippen LogP contribution in [0.3, 0.4) is 0 Å². The summed E-state index contributed by atoms with van der Waals surface area (Å²) in [5.74, 6) is 0. The molecule has 0 heteroatoms. The van der Waals surface area contributed by atoms with Crippen molar-refractivity contribution in [3.05, 3.63) is 156 Å². The highest BCUT2D eigenvalue weighted by atomic mass is 14.3. The Labute approximate surface area is 396 Å². The second kappa shape index (κ2) is 22.4. The van der Waals surface area contributed by atoms with Gasteiger partial charge in [-0.2, -0.15) is 0 Å². The van der Waals surface area contributed by atoms with Crippen LogP contribution in [0.4, 0.5) is 0 Å². The number of hydrogen-bond donors (Lipinski definition) is 0. The molecule has 0 amide bonds. The van der Waals surface area contributed by atoms with Crippen molar-refractivity contribution in [3.8, 4) is 22.3 Å². The lowest BCUT2D eigenvalue weighted by Crippen LogP contribution is -1.99. The van der Waals surface area contributed by atoms with Crippen LogP contribution in [-0.4, -0.2) is 0 Å². The molecule has 0 atom stereocenters. The van der Waals surface area contributed by atoms with Crippen LogP contribution in [0.15, 0.2) is 133 Å². The quantitative estimate of drug-likeness (QED) is 0.0444. The van der Waals surface area contributed by atoms with Gasteiger partial charge in [0.25, 0.3) is 0 Å². The van der Waals surface area contributed by atoms with Gasteiger partial charge in [-0.15, -0.1) is 0 Å². The second-order valence-electron chi connectivity index (χ2n) is 19.7. The first-order valence-corrected chi connectivity index (χ1v) is 26.4. The fourth-order valence-electron chi connectivity index (χ4n) is 11.2. The van der Waals surface area contributed by atoms with E-state index in [1.807, 2.05) is 0 Å². The summed E-state index contributed by atoms with van der Waals surface area (Å²) < 4.78 is 0. The Bertz CT molecular complexity index is 3050. The molecular formula is C66H73. The summed E-state index contributed by atoms with van der Waals surface area (Å²) >= 11 is 0. The average Bonchev–Trinajstić information content (AvgIpc) is 3.35. The molecule has 0 saturated heterocycles. The van der Waals surface area contributed by atoms with Gasteiger partial charge in [0.05, 0.1) is 0 Å². The highest BCUT2D eigenvalue weighted by Crippen LogP contribution is 2.50. The molecule has 0 aliphatic rings. The van der Waals surface area contributed by atoms with Crippen molar-refractivity contribution in [3.63, 3.8) is 0 Å². The third-order valence-corrected chi connectivity index (χ3v) is 14.8. The Morgan fingerprint density at radius 3 is 1.48 bits per heavy atom. The molecule has 9 rings (SSSR count). The number of hydrogen-bond acceptors (Lipinski definition) is 0. The standard InChI is InChI=1S/C66H73/c1-4-7-10-13-16-19-28-48-38-40-59-56(41-48)44-53-34-25-27-36-58(53)65(59)66-62-46-51-31-23-22-30-50(51)45-60(62)54(32-21-18-15-12-9-6-3)47-63(66)64-57-35-26-24-33-52(57)43-55-39-37-49(42-61(55)64)29-20-17-14-11-8-5-2/h22-27,30-31,33-45,47H,4-21,28-29,32H2,1-3H3. The number of unbranched alkanes of at least 4 members (excludes halogenated alkanes) is 15. The highest BCUT2D eigenvalue weighted by molar-refractivity contribution is 6.24. The SMILES string of the molecule is CCCCCCCCc1ccc2c(-c3c(-c4c5ccccc5cc5ccc(CCCCCCCC)cc45)cc(CCCCCCCC)c4cc5ccccc5[c]c34)c3ccccc3cc2c1. The van der Waals surface area contributed by atoms with Gasteiger partial charge < -0.3 is 0 Å². The smallest absolute Gasteiger partial charge is 0.000721 e. The predicted molar refractivity (Wildman–Crippen MR) is 292 cm³/mol. The van der Waals surface area contributed by atoms with Gasteiger partial charge in [0.15, 0.2) is 0 Å². The van der Waals surface area contributed by atoms with Crippen molar-refractivity contribution in [1.82, 2.24) is 0 Å². The van der Waals surface area contributed by atoms with Crippen LogP contribution in [0.25, 0.3) is 86.9 Å². The van der Waals surface area contributed by atoms with Crippen molar-refractivity contribution in [2.24, 2.45) is 0 Å². The summed E-state index contributed by atoms with van der Waals surface area (Å²) in [7, 11) is 0. The maximum Gasteiger partial charge on any atom is -0.000721 e. The zero-order valence-corrected chi connectivity index (χ0v) is 40.6. The molecule has 0 heterocycles. The summed E-state index contributed by atoms with van der Waals surface area (Å²) in [4.78, 5) is 0. The lowest BCUT2D eigenvalue weighted by atomic mass is 9.79. The van der Waals surface area contributed by atoms with Crippen molar-refractivity contribution < 1.29 is 0 Å². The monoisotopic (exact) mass is 866 g/mol. The molecule has 0 bridgehead atoms. The largest absolute Gasteiger partial charge is 0.0654 e. The van der Waals surface area contributed by atoms with Gasteiger partial charge in [-0.05, 0) is 172 Å². The van der Waals surface area contributed by atoms with Gasteiger partial charge >= 0.3 is 0 Å². The molecule has 0 spiro atoms. The molecule has 337 valence electrons. The fourth-order valence-corrected chi connectivity index (χ4v) is 11.2. The Balaban J connectivity index is 1.31. The van der Waals surface area contributed by atoms with E-state index in [2.05, 4.69) is 160 Å². The highest BCUT2D eigenvalue weighted by Gasteiger charge is 2.24. The van der Waals surface area contributed by atoms with Gasteiger partial charge in [0.1, 0.15) is 0 Å². The van der Waals surface area contributed by atoms with Crippen molar-refractivity contribution in [1.29, 1.82) is 0 Å². The molecular weight excluding hydrogens is 793 g/mol. The summed E-state index contributed by atoms with van der Waals surface area (Å²) in [5, 5.41) is 15.7. The Kier molecular flexibility index (Phi) is 15.5. The third kappa shape index (κ3) is 10.2. The average molecular weight is 866 g/mol. The third-order valence-electron chi connectivity index (χ3n) is 14.8. The maximum absolute atomic E-state index is 4.19. The van der Waals surface area contributed by atoms with Crippen molar-refractivity contribution in [2.45, 2.75) is 156 Å². The molecule has 0 aromatic heterocycles. The summed E-state index contributed by atoms with van der Waals surface area (Å²) in [5.41, 5.74) is 9.75. The molecule has 0 unspecified atom stereocenters. The maximum atomic E-state index is 4.19. The first kappa shape index (κ1) is 45.7. The Morgan fingerprint density at radius 2 is 0.818 bits per heavy atom. The van der Waals surface area contributed by atoms with Crippen LogP contribution in [-0.2, 0) is 19.3 Å². The normalized spacial score (nSPS) is 11.9. The molecule has 9 aromatic carbocycles. The second-order valence-corrected chi connectivity index (χ2v) is 19.7. The number of fused-ring (bicyclic) bond motifs is 6. The van der Waals surface area contributed by atoms with Crippen LogP contribution < -0.4 is 0 Å². The molecule has 9 aromatic rings. The lowest BCUT2D eigenvalue weighted by molar-refractivity contribution is 0.607. The number of benzene rings is 9. The van der Waals surface area contributed by atoms with E-state index in [0.29, 0.717) is 0 Å². The fraction of sp³-hybridized carbons (Fsp3) is 0.364. The minimum atomic E-state index is 1.06. The van der Waals surface area contributed by atoms with Gasteiger partial charge in [-0.1, -0.05) is 226 Å². The van der Waals surface area contributed by atoms with E-state index in [9.17, 15) is 0 Å². The van der Waals surface area contributed by atoms with Gasteiger partial charge in [-0.25, -0.2) is 0 Å². The van der Waals surface area contributed by atoms with E-state index in [1.54, 1.807) is 0 Å². The summed E-state index contributed by atoms with van der Waals surface area (Å²) in [6.45, 7) is 6.94. The van der Waals surface area contributed by atoms with Crippen LogP contribution >= 0.6 is 0 Å². The van der Waals surface area contributed by atoms with Crippen LogP contribution in [0.5, 0.6) is 0 Å². The number of rotatable bonds is 23. The molecule has 66 heavy (non-hydrogen) atoms. The van der Waals surface area contributed by atoms with E-state index in [-0.39, 0.29) is 0 Å². The Morgan fingerprint density at radius 1 is 0.318 bits per heavy atom. The zero-order chi connectivity index (χ0) is 45.1. The van der Waals surface area contributed by atoms with Gasteiger partial charge in [-0.3, -0.25) is 0 Å². The molecule has 0 aliphatic carbocycles. The van der Waals surface area contributed by atoms with E-state index in [0.717, 1.165) is 19.3 Å². The van der Waals surface area contributed by atoms with Gasteiger partial charge in [0, 0.05) is 0 Å². The van der Waals surface area contributed by atoms with Crippen LogP contribution in [0.2, 0.25) is 0 Å². The summed E-state index contributed by atoms with van der Waals surface area (Å²) in [6.07, 6.45) is 26.8. The van der Waals surface area contributed by atoms with Crippen molar-refractivity contribution >= 4 is 64.6 Å². The molecule has 1 radical (unpaired) electrons. The minimum Gasteiger partial charge on any atom is -0.0654 e. The zero-order valence-electron chi connectivity index (χ0n) is 40.6.